The molecule has 1 aromatic carbocycles. The standard InChI is InChI=1S/C13H12F3N3/c14-13(15,16)8-1-2-11(7(3-8)4-17)19-5-9-10(6-19)12(9)18/h1-3,9-10,12H,5-6,18H2. The van der Waals surface area contributed by atoms with Crippen LogP contribution < -0.4 is 10.6 Å². The van der Waals surface area contributed by atoms with Gasteiger partial charge in [0.25, 0.3) is 0 Å². The minimum Gasteiger partial charge on any atom is -0.370 e. The van der Waals surface area contributed by atoms with Crippen LogP contribution in [0.1, 0.15) is 11.1 Å². The molecule has 0 amide bonds. The first-order valence-electron chi connectivity index (χ1n) is 6.03. The summed E-state index contributed by atoms with van der Waals surface area (Å²) in [5, 5.41) is 9.03. The van der Waals surface area contributed by atoms with Gasteiger partial charge in [-0.25, -0.2) is 0 Å². The Morgan fingerprint density at radius 1 is 1.26 bits per heavy atom. The third kappa shape index (κ3) is 1.94. The van der Waals surface area contributed by atoms with Gasteiger partial charge in [0.05, 0.1) is 16.8 Å². The topological polar surface area (TPSA) is 53.0 Å². The fourth-order valence-corrected chi connectivity index (χ4v) is 2.85. The van der Waals surface area contributed by atoms with Gasteiger partial charge >= 0.3 is 6.18 Å². The third-order valence-electron chi connectivity index (χ3n) is 4.05. The fraction of sp³-hybridized carbons (Fsp3) is 0.462. The zero-order chi connectivity index (χ0) is 13.8. The lowest BCUT2D eigenvalue weighted by molar-refractivity contribution is -0.137. The van der Waals surface area contributed by atoms with E-state index in [0.717, 1.165) is 25.2 Å². The van der Waals surface area contributed by atoms with Crippen LogP contribution in [0, 0.1) is 23.2 Å². The molecule has 1 saturated heterocycles. The zero-order valence-corrected chi connectivity index (χ0v) is 9.98. The maximum absolute atomic E-state index is 12.6. The quantitative estimate of drug-likeness (QED) is 0.846. The van der Waals surface area contributed by atoms with E-state index in [1.807, 2.05) is 11.0 Å². The van der Waals surface area contributed by atoms with E-state index in [-0.39, 0.29) is 11.6 Å². The highest BCUT2D eigenvalue weighted by Crippen LogP contribution is 2.46. The van der Waals surface area contributed by atoms with E-state index in [4.69, 9.17) is 11.0 Å². The van der Waals surface area contributed by atoms with Crippen LogP contribution in [-0.4, -0.2) is 19.1 Å². The molecule has 0 bridgehead atoms. The maximum Gasteiger partial charge on any atom is 0.416 e. The number of benzene rings is 1. The summed E-state index contributed by atoms with van der Waals surface area (Å²) < 4.78 is 37.8. The predicted molar refractivity (Wildman–Crippen MR) is 63.3 cm³/mol. The first-order chi connectivity index (χ1) is 8.91. The van der Waals surface area contributed by atoms with Crippen LogP contribution in [0.15, 0.2) is 18.2 Å². The SMILES string of the molecule is N#Cc1cc(C(F)(F)F)ccc1N1CC2C(N)C2C1. The van der Waals surface area contributed by atoms with E-state index < -0.39 is 11.7 Å². The van der Waals surface area contributed by atoms with Gasteiger partial charge in [-0.3, -0.25) is 0 Å². The minimum absolute atomic E-state index is 0.0738. The number of anilines is 1. The summed E-state index contributed by atoms with van der Waals surface area (Å²) in [6, 6.07) is 5.40. The van der Waals surface area contributed by atoms with Crippen LogP contribution in [-0.2, 0) is 6.18 Å². The number of fused-ring (bicyclic) bond motifs is 1. The number of nitrogens with two attached hydrogens (primary N) is 1. The van der Waals surface area contributed by atoms with E-state index in [1.54, 1.807) is 0 Å². The van der Waals surface area contributed by atoms with E-state index in [0.29, 0.717) is 17.5 Å². The lowest BCUT2D eigenvalue weighted by atomic mass is 10.1. The summed E-state index contributed by atoms with van der Waals surface area (Å²) >= 11 is 0. The van der Waals surface area contributed by atoms with Crippen LogP contribution in [0.5, 0.6) is 0 Å². The molecule has 3 nitrogen and oxygen atoms in total. The van der Waals surface area contributed by atoms with E-state index in [9.17, 15) is 13.2 Å². The van der Waals surface area contributed by atoms with Crippen LogP contribution >= 0.6 is 0 Å². The Morgan fingerprint density at radius 3 is 2.42 bits per heavy atom. The number of rotatable bonds is 1. The van der Waals surface area contributed by atoms with Crippen molar-refractivity contribution < 1.29 is 13.2 Å². The third-order valence-corrected chi connectivity index (χ3v) is 4.05. The second-order valence-corrected chi connectivity index (χ2v) is 5.15. The number of halogens is 3. The Bertz CT molecular complexity index is 549. The Kier molecular flexibility index (Phi) is 2.51. The summed E-state index contributed by atoms with van der Waals surface area (Å²) in [4.78, 5) is 1.96. The molecular weight excluding hydrogens is 255 g/mol. The molecule has 0 aromatic heterocycles. The van der Waals surface area contributed by atoms with Crippen molar-refractivity contribution in [2.75, 3.05) is 18.0 Å². The van der Waals surface area contributed by atoms with Crippen LogP contribution in [0.25, 0.3) is 0 Å². The Morgan fingerprint density at radius 2 is 1.89 bits per heavy atom. The Hall–Kier alpha value is -1.74. The van der Waals surface area contributed by atoms with Crippen molar-refractivity contribution >= 4 is 5.69 Å². The van der Waals surface area contributed by atoms with Gasteiger partial charge in [-0.2, -0.15) is 18.4 Å². The number of piperidine rings is 1. The highest BCUT2D eigenvalue weighted by molar-refractivity contribution is 5.62. The molecule has 1 saturated carbocycles. The second-order valence-electron chi connectivity index (χ2n) is 5.15. The van der Waals surface area contributed by atoms with Crippen molar-refractivity contribution in [3.63, 3.8) is 0 Å². The zero-order valence-electron chi connectivity index (χ0n) is 9.98. The number of hydrogen-bond acceptors (Lipinski definition) is 3. The minimum atomic E-state index is -4.42. The van der Waals surface area contributed by atoms with E-state index >= 15 is 0 Å². The predicted octanol–water partition coefficient (Wildman–Crippen LogP) is 1.97. The number of nitrogens with zero attached hydrogens (tertiary/aromatic N) is 2. The molecule has 2 fully saturated rings. The fourth-order valence-electron chi connectivity index (χ4n) is 2.85. The number of alkyl halides is 3. The molecule has 3 rings (SSSR count). The molecule has 1 aliphatic carbocycles. The summed E-state index contributed by atoms with van der Waals surface area (Å²) in [6.45, 7) is 1.46. The highest BCUT2D eigenvalue weighted by Gasteiger charge is 2.53. The Labute approximate surface area is 108 Å². The van der Waals surface area contributed by atoms with Crippen molar-refractivity contribution in [3.8, 4) is 6.07 Å². The average molecular weight is 267 g/mol. The summed E-state index contributed by atoms with van der Waals surface area (Å²) in [7, 11) is 0. The van der Waals surface area contributed by atoms with Gasteiger partial charge < -0.3 is 10.6 Å². The van der Waals surface area contributed by atoms with Crippen molar-refractivity contribution in [3.05, 3.63) is 29.3 Å². The van der Waals surface area contributed by atoms with Crippen LogP contribution in [0.2, 0.25) is 0 Å². The summed E-state index contributed by atoms with van der Waals surface area (Å²) in [5.41, 5.74) is 5.69. The molecule has 2 unspecified atom stereocenters. The molecule has 19 heavy (non-hydrogen) atoms. The van der Waals surface area contributed by atoms with Gasteiger partial charge in [0.15, 0.2) is 0 Å². The second kappa shape index (κ2) is 3.87. The molecule has 1 aliphatic heterocycles. The molecule has 100 valence electrons. The molecule has 1 heterocycles. The molecular formula is C13H12F3N3. The summed E-state index contributed by atoms with van der Waals surface area (Å²) in [6.07, 6.45) is -4.42. The molecule has 0 spiro atoms. The van der Waals surface area contributed by atoms with Gasteiger partial charge in [0.2, 0.25) is 0 Å². The van der Waals surface area contributed by atoms with E-state index in [1.165, 1.54) is 6.07 Å². The summed E-state index contributed by atoms with van der Waals surface area (Å²) in [5.74, 6) is 0.850. The van der Waals surface area contributed by atoms with Crippen molar-refractivity contribution in [2.24, 2.45) is 17.6 Å². The lowest BCUT2D eigenvalue weighted by Gasteiger charge is -2.23. The molecule has 2 N–H and O–H groups in total. The molecule has 6 heteroatoms. The molecule has 2 atom stereocenters. The maximum atomic E-state index is 12.6. The Balaban J connectivity index is 1.89. The monoisotopic (exact) mass is 267 g/mol. The molecule has 0 radical (unpaired) electrons. The van der Waals surface area contributed by atoms with Gasteiger partial charge in [-0.15, -0.1) is 0 Å². The van der Waals surface area contributed by atoms with Gasteiger partial charge in [-0.1, -0.05) is 0 Å². The van der Waals surface area contributed by atoms with Crippen LogP contribution in [0.4, 0.5) is 18.9 Å². The molecule has 1 aromatic rings. The number of hydrogen-bond donors (Lipinski definition) is 1. The normalized spacial score (nSPS) is 29.0. The van der Waals surface area contributed by atoms with Crippen molar-refractivity contribution in [1.82, 2.24) is 0 Å². The first kappa shape index (κ1) is 12.3. The number of nitriles is 1. The van der Waals surface area contributed by atoms with Gasteiger partial charge in [-0.05, 0) is 30.0 Å². The lowest BCUT2D eigenvalue weighted by Crippen LogP contribution is -2.28. The van der Waals surface area contributed by atoms with Gasteiger partial charge in [0, 0.05) is 19.1 Å². The van der Waals surface area contributed by atoms with Crippen LogP contribution in [0.3, 0.4) is 0 Å². The van der Waals surface area contributed by atoms with Crippen molar-refractivity contribution in [1.29, 1.82) is 5.26 Å². The average Bonchev–Trinajstić information content (AvgIpc) is 2.79. The smallest absolute Gasteiger partial charge is 0.370 e. The van der Waals surface area contributed by atoms with E-state index in [2.05, 4.69) is 0 Å². The van der Waals surface area contributed by atoms with Gasteiger partial charge in [0.1, 0.15) is 6.07 Å². The first-order valence-corrected chi connectivity index (χ1v) is 6.03. The van der Waals surface area contributed by atoms with Crippen molar-refractivity contribution in [2.45, 2.75) is 12.2 Å². The molecule has 2 aliphatic rings. The largest absolute Gasteiger partial charge is 0.416 e. The highest BCUT2D eigenvalue weighted by atomic mass is 19.4.